The number of rotatable bonds is 5. The van der Waals surface area contributed by atoms with Crippen LogP contribution in [0.2, 0.25) is 5.02 Å². The predicted molar refractivity (Wildman–Crippen MR) is 155 cm³/mol. The minimum absolute atomic E-state index is 0.0472. The number of amides is 3. The molecule has 14 heteroatoms. The molecule has 4 N–H and O–H groups in total. The number of methoxy groups -OCH3 is 1. The van der Waals surface area contributed by atoms with Crippen LogP contribution in [-0.2, 0) is 14.3 Å². The van der Waals surface area contributed by atoms with E-state index in [4.69, 9.17) is 11.6 Å². The van der Waals surface area contributed by atoms with E-state index in [-0.39, 0.29) is 35.0 Å². The summed E-state index contributed by atoms with van der Waals surface area (Å²) in [5.74, 6) is -0.896. The molecule has 0 fully saturated rings. The maximum absolute atomic E-state index is 14.5. The molecule has 0 saturated carbocycles. The van der Waals surface area contributed by atoms with Crippen LogP contribution in [0.1, 0.15) is 44.5 Å². The summed E-state index contributed by atoms with van der Waals surface area (Å²) in [6.45, 7) is 2.00. The van der Waals surface area contributed by atoms with Crippen LogP contribution in [0.3, 0.4) is 0 Å². The van der Waals surface area contributed by atoms with Crippen molar-refractivity contribution < 1.29 is 23.5 Å². The van der Waals surface area contributed by atoms with Crippen molar-refractivity contribution in [1.82, 2.24) is 15.3 Å². The Bertz CT molecular complexity index is 1530. The topological polar surface area (TPSA) is 153 Å². The fraction of sp³-hybridized carbons (Fsp3) is 0.357. The van der Waals surface area contributed by atoms with E-state index in [0.717, 1.165) is 0 Å². The van der Waals surface area contributed by atoms with Gasteiger partial charge in [-0.2, -0.15) is 5.11 Å². The molecule has 3 aromatic rings. The molecule has 0 radical (unpaired) electrons. The Kier molecular flexibility index (Phi) is 8.67. The monoisotopic (exact) mass is 596 g/mol. The fourth-order valence-corrected chi connectivity index (χ4v) is 5.15. The summed E-state index contributed by atoms with van der Waals surface area (Å²) >= 11 is 5.90. The summed E-state index contributed by atoms with van der Waals surface area (Å²) in [4.78, 5) is 46.1. The quantitative estimate of drug-likeness (QED) is 0.300. The molecule has 2 aromatic carbocycles. The lowest BCUT2D eigenvalue weighted by atomic mass is 9.95. The van der Waals surface area contributed by atoms with Crippen LogP contribution >= 0.6 is 11.6 Å². The molecule has 3 atom stereocenters. The van der Waals surface area contributed by atoms with Crippen molar-refractivity contribution in [2.75, 3.05) is 29.3 Å². The summed E-state index contributed by atoms with van der Waals surface area (Å²) < 4.78 is 19.2. The number of ether oxygens (including phenoxy) is 1. The number of aromatic nitrogens is 2. The molecule has 0 saturated heterocycles. The van der Waals surface area contributed by atoms with E-state index < -0.39 is 24.0 Å². The highest BCUT2D eigenvalue weighted by atomic mass is 35.5. The van der Waals surface area contributed by atoms with Crippen LogP contribution in [0.4, 0.5) is 26.2 Å². The number of nitrogens with zero attached hydrogens (tertiary/aromatic N) is 4. The second-order valence-corrected chi connectivity index (χ2v) is 10.4. The van der Waals surface area contributed by atoms with Crippen molar-refractivity contribution in [3.8, 4) is 11.3 Å². The Morgan fingerprint density at radius 3 is 2.86 bits per heavy atom. The molecule has 0 spiro atoms. The number of hydrogen-bond donors (Lipinski definition) is 4. The first-order chi connectivity index (χ1) is 20.3. The van der Waals surface area contributed by atoms with Crippen molar-refractivity contribution in [3.05, 3.63) is 59.3 Å². The van der Waals surface area contributed by atoms with Crippen LogP contribution in [0.5, 0.6) is 0 Å². The Hall–Kier alpha value is -4.52. The SMILES string of the molecule is CCC1CCCC(NC(=O)C2CN(c3cccc(Cl)c3F)N=N2)c2ncc([nH]2)-c2ccc(NC(=O)OC)cc2NC1=O. The fourth-order valence-electron chi connectivity index (χ4n) is 4.98. The van der Waals surface area contributed by atoms with Gasteiger partial charge in [-0.05, 0) is 49.6 Å². The van der Waals surface area contributed by atoms with Crippen LogP contribution in [0.25, 0.3) is 11.3 Å². The number of fused-ring (bicyclic) bond motifs is 4. The van der Waals surface area contributed by atoms with Crippen LogP contribution in [-0.4, -0.2) is 47.6 Å². The van der Waals surface area contributed by atoms with E-state index >= 15 is 0 Å². The molecule has 12 nitrogen and oxygen atoms in total. The van der Waals surface area contributed by atoms with Gasteiger partial charge >= 0.3 is 6.09 Å². The van der Waals surface area contributed by atoms with Crippen LogP contribution in [0, 0.1) is 11.7 Å². The van der Waals surface area contributed by atoms with E-state index in [0.29, 0.717) is 54.1 Å². The molecule has 220 valence electrons. The maximum atomic E-state index is 14.5. The lowest BCUT2D eigenvalue weighted by molar-refractivity contribution is -0.123. The molecule has 2 bridgehead atoms. The Labute approximate surface area is 246 Å². The largest absolute Gasteiger partial charge is 0.453 e. The number of H-pyrrole nitrogens is 1. The Balaban J connectivity index is 1.38. The Morgan fingerprint density at radius 2 is 2.07 bits per heavy atom. The molecule has 2 aliphatic rings. The summed E-state index contributed by atoms with van der Waals surface area (Å²) in [5, 5.41) is 17.9. The molecule has 3 amide bonds. The third-order valence-electron chi connectivity index (χ3n) is 7.31. The minimum atomic E-state index is -0.866. The van der Waals surface area contributed by atoms with Crippen molar-refractivity contribution in [2.24, 2.45) is 16.3 Å². The van der Waals surface area contributed by atoms with Crippen LogP contribution < -0.4 is 21.0 Å². The second-order valence-electron chi connectivity index (χ2n) is 10.0. The number of anilines is 3. The average molecular weight is 597 g/mol. The zero-order chi connectivity index (χ0) is 29.8. The molecular weight excluding hydrogens is 567 g/mol. The first-order valence-corrected chi connectivity index (χ1v) is 13.9. The maximum Gasteiger partial charge on any atom is 0.411 e. The predicted octanol–water partition coefficient (Wildman–Crippen LogP) is 5.61. The summed E-state index contributed by atoms with van der Waals surface area (Å²) in [5.41, 5.74) is 2.34. The standard InChI is InChI=1S/C28H30ClFN8O4/c1-3-15-6-4-8-19(34-27(40)22-14-38(37-36-22)23-9-5-7-18(29)24(23)30)25-31-13-21(33-25)17-11-10-16(32-28(41)42-2)12-20(17)35-26(15)39/h5,7,9-13,15,19,22H,3-4,6,8,14H2,1-2H3,(H,31,33)(H,32,41)(H,34,40)(H,35,39). The van der Waals surface area contributed by atoms with E-state index in [2.05, 4.69) is 41.0 Å². The third-order valence-corrected chi connectivity index (χ3v) is 7.60. The van der Waals surface area contributed by atoms with Gasteiger partial charge in [-0.15, -0.1) is 0 Å². The summed E-state index contributed by atoms with van der Waals surface area (Å²) in [7, 11) is 1.27. The molecule has 1 aromatic heterocycles. The molecule has 42 heavy (non-hydrogen) atoms. The number of imidazole rings is 1. The number of carbonyl (C=O) groups is 3. The average Bonchev–Trinajstić information content (AvgIpc) is 3.66. The van der Waals surface area contributed by atoms with Gasteiger partial charge in [-0.25, -0.2) is 19.2 Å². The van der Waals surface area contributed by atoms with Gasteiger partial charge in [0.05, 0.1) is 48.0 Å². The van der Waals surface area contributed by atoms with Gasteiger partial charge in [-0.1, -0.05) is 36.2 Å². The molecular formula is C28H30ClFN8O4. The highest BCUT2D eigenvalue weighted by molar-refractivity contribution is 6.31. The molecule has 0 aliphatic carbocycles. The van der Waals surface area contributed by atoms with Gasteiger partial charge in [0.25, 0.3) is 0 Å². The van der Waals surface area contributed by atoms with E-state index in [1.165, 1.54) is 24.3 Å². The second kappa shape index (κ2) is 12.6. The van der Waals surface area contributed by atoms with Crippen molar-refractivity contribution >= 4 is 46.6 Å². The number of halogens is 2. The molecule has 5 rings (SSSR count). The van der Waals surface area contributed by atoms with Gasteiger partial charge in [0.1, 0.15) is 5.82 Å². The third kappa shape index (κ3) is 6.20. The number of nitrogens with one attached hydrogen (secondary N) is 4. The van der Waals surface area contributed by atoms with Gasteiger partial charge in [-0.3, -0.25) is 14.9 Å². The number of benzene rings is 2. The normalized spacial score (nSPS) is 20.1. The number of hydrogen-bond acceptors (Lipinski definition) is 8. The van der Waals surface area contributed by atoms with Gasteiger partial charge < -0.3 is 20.4 Å². The van der Waals surface area contributed by atoms with Crippen molar-refractivity contribution in [2.45, 2.75) is 44.7 Å². The first-order valence-electron chi connectivity index (χ1n) is 13.5. The van der Waals surface area contributed by atoms with Gasteiger partial charge in [0.2, 0.25) is 11.8 Å². The molecule has 3 heterocycles. The summed E-state index contributed by atoms with van der Waals surface area (Å²) in [6.07, 6.45) is 3.36. The van der Waals surface area contributed by atoms with E-state index in [9.17, 15) is 18.8 Å². The number of carbonyl (C=O) groups excluding carboxylic acids is 3. The van der Waals surface area contributed by atoms with Crippen LogP contribution in [0.15, 0.2) is 52.9 Å². The zero-order valence-corrected chi connectivity index (χ0v) is 23.7. The van der Waals surface area contributed by atoms with E-state index in [1.54, 1.807) is 30.5 Å². The highest BCUT2D eigenvalue weighted by Gasteiger charge is 2.31. The van der Waals surface area contributed by atoms with Crippen molar-refractivity contribution in [3.63, 3.8) is 0 Å². The number of aromatic amines is 1. The Morgan fingerprint density at radius 1 is 1.24 bits per heavy atom. The van der Waals surface area contributed by atoms with Crippen molar-refractivity contribution in [1.29, 1.82) is 0 Å². The molecule has 2 aliphatic heterocycles. The lowest BCUT2D eigenvalue weighted by Gasteiger charge is -2.22. The van der Waals surface area contributed by atoms with Gasteiger partial charge in [0.15, 0.2) is 11.9 Å². The smallest absolute Gasteiger partial charge is 0.411 e. The lowest BCUT2D eigenvalue weighted by Crippen LogP contribution is -2.39. The zero-order valence-electron chi connectivity index (χ0n) is 23.0. The minimum Gasteiger partial charge on any atom is -0.453 e. The highest BCUT2D eigenvalue weighted by Crippen LogP contribution is 2.33. The molecule has 3 unspecified atom stereocenters. The first kappa shape index (κ1) is 29.0. The van der Waals surface area contributed by atoms with Gasteiger partial charge in [0, 0.05) is 17.2 Å². The summed E-state index contributed by atoms with van der Waals surface area (Å²) in [6, 6.07) is 8.28. The van der Waals surface area contributed by atoms with E-state index in [1.807, 2.05) is 6.92 Å².